The molecule has 0 heterocycles. The Bertz CT molecular complexity index is 910. The Labute approximate surface area is 146 Å². The number of nitrogens with one attached hydrogen (secondary N) is 2. The molecule has 1 unspecified atom stereocenters. The summed E-state index contributed by atoms with van der Waals surface area (Å²) in [4.78, 5) is 23.5. The van der Waals surface area contributed by atoms with Gasteiger partial charge in [0, 0.05) is 18.2 Å². The average molecular weight is 361 g/mol. The number of carbonyl (C=O) groups excluding carboxylic acids is 2. The number of rotatable bonds is 5. The molecule has 0 saturated carbocycles. The van der Waals surface area contributed by atoms with Gasteiger partial charge in [0.2, 0.25) is 15.9 Å². The standard InChI is InChI=1S/C17H19N3O4S/c1-11(13-5-4-8-16(10-13)25(18,23)24)19-17(22)14-6-3-7-15(9-14)20-12(2)21/h3-11H,1-2H3,(H,19,22)(H,20,21)(H2,18,23,24). The van der Waals surface area contributed by atoms with Crippen molar-refractivity contribution < 1.29 is 18.0 Å². The molecule has 0 aromatic heterocycles. The Morgan fingerprint density at radius 2 is 1.76 bits per heavy atom. The summed E-state index contributed by atoms with van der Waals surface area (Å²) in [6, 6.07) is 12.2. The van der Waals surface area contributed by atoms with Crippen molar-refractivity contribution in [1.29, 1.82) is 0 Å². The lowest BCUT2D eigenvalue weighted by Crippen LogP contribution is -2.27. The molecule has 132 valence electrons. The number of carbonyl (C=O) groups is 2. The summed E-state index contributed by atoms with van der Waals surface area (Å²) in [6.07, 6.45) is 0. The van der Waals surface area contributed by atoms with Gasteiger partial charge in [0.25, 0.3) is 5.91 Å². The lowest BCUT2D eigenvalue weighted by molar-refractivity contribution is -0.114. The van der Waals surface area contributed by atoms with Crippen LogP contribution in [0.5, 0.6) is 0 Å². The highest BCUT2D eigenvalue weighted by atomic mass is 32.2. The van der Waals surface area contributed by atoms with E-state index in [1.807, 2.05) is 0 Å². The van der Waals surface area contributed by atoms with Crippen LogP contribution in [0.2, 0.25) is 0 Å². The van der Waals surface area contributed by atoms with Crippen molar-refractivity contribution in [2.75, 3.05) is 5.32 Å². The van der Waals surface area contributed by atoms with Crippen LogP contribution in [0.1, 0.15) is 35.8 Å². The largest absolute Gasteiger partial charge is 0.346 e. The van der Waals surface area contributed by atoms with Gasteiger partial charge >= 0.3 is 0 Å². The number of primary sulfonamides is 1. The van der Waals surface area contributed by atoms with E-state index in [-0.39, 0.29) is 16.7 Å². The van der Waals surface area contributed by atoms with Crippen LogP contribution in [-0.2, 0) is 14.8 Å². The topological polar surface area (TPSA) is 118 Å². The molecule has 0 aliphatic carbocycles. The molecule has 2 rings (SSSR count). The molecule has 0 bridgehead atoms. The minimum absolute atomic E-state index is 0.0150. The molecule has 0 spiro atoms. The summed E-state index contributed by atoms with van der Waals surface area (Å²) < 4.78 is 22.9. The predicted molar refractivity (Wildman–Crippen MR) is 94.4 cm³/mol. The van der Waals surface area contributed by atoms with Crippen molar-refractivity contribution in [3.05, 3.63) is 59.7 Å². The zero-order valence-corrected chi connectivity index (χ0v) is 14.6. The van der Waals surface area contributed by atoms with Gasteiger partial charge < -0.3 is 10.6 Å². The highest BCUT2D eigenvalue weighted by molar-refractivity contribution is 7.89. The van der Waals surface area contributed by atoms with E-state index in [9.17, 15) is 18.0 Å². The molecule has 2 aromatic rings. The first-order valence-electron chi connectivity index (χ1n) is 7.48. The van der Waals surface area contributed by atoms with Crippen LogP contribution in [0.25, 0.3) is 0 Å². The van der Waals surface area contributed by atoms with E-state index in [1.165, 1.54) is 19.1 Å². The van der Waals surface area contributed by atoms with E-state index in [0.29, 0.717) is 16.8 Å². The maximum absolute atomic E-state index is 12.4. The molecule has 0 aliphatic rings. The van der Waals surface area contributed by atoms with E-state index in [1.54, 1.807) is 43.3 Å². The zero-order chi connectivity index (χ0) is 18.6. The number of nitrogens with two attached hydrogens (primary N) is 1. The number of sulfonamides is 1. The smallest absolute Gasteiger partial charge is 0.251 e. The summed E-state index contributed by atoms with van der Waals surface area (Å²) in [5.41, 5.74) is 1.50. The summed E-state index contributed by atoms with van der Waals surface area (Å²) >= 11 is 0. The molecule has 2 aromatic carbocycles. The molecule has 0 fully saturated rings. The van der Waals surface area contributed by atoms with E-state index in [4.69, 9.17) is 5.14 Å². The first-order chi connectivity index (χ1) is 11.7. The SMILES string of the molecule is CC(=O)Nc1cccc(C(=O)NC(C)c2cccc(S(N)(=O)=O)c2)c1. The third-order valence-electron chi connectivity index (χ3n) is 3.48. The maximum atomic E-state index is 12.4. The Kier molecular flexibility index (Phi) is 5.55. The van der Waals surface area contributed by atoms with Crippen LogP contribution in [0.4, 0.5) is 5.69 Å². The molecular formula is C17H19N3O4S. The Balaban J connectivity index is 2.16. The van der Waals surface area contributed by atoms with Crippen molar-refractivity contribution in [2.45, 2.75) is 24.8 Å². The van der Waals surface area contributed by atoms with E-state index < -0.39 is 16.1 Å². The summed E-state index contributed by atoms with van der Waals surface area (Å²) in [5.74, 6) is -0.577. The third kappa shape index (κ3) is 5.13. The molecule has 8 heteroatoms. The molecule has 2 amide bonds. The second kappa shape index (κ2) is 7.45. The minimum Gasteiger partial charge on any atom is -0.346 e. The van der Waals surface area contributed by atoms with Crippen LogP contribution in [-0.4, -0.2) is 20.2 Å². The van der Waals surface area contributed by atoms with Gasteiger partial charge in [-0.05, 0) is 42.8 Å². The van der Waals surface area contributed by atoms with Gasteiger partial charge in [0.05, 0.1) is 10.9 Å². The van der Waals surface area contributed by atoms with Crippen molar-refractivity contribution >= 4 is 27.5 Å². The first-order valence-corrected chi connectivity index (χ1v) is 9.03. The molecule has 7 nitrogen and oxygen atoms in total. The van der Waals surface area contributed by atoms with Crippen molar-refractivity contribution in [3.63, 3.8) is 0 Å². The van der Waals surface area contributed by atoms with Gasteiger partial charge in [-0.1, -0.05) is 18.2 Å². The molecular weight excluding hydrogens is 342 g/mol. The fraction of sp³-hybridized carbons (Fsp3) is 0.176. The predicted octanol–water partition coefficient (Wildman–Crippen LogP) is 1.78. The fourth-order valence-corrected chi connectivity index (χ4v) is 2.83. The van der Waals surface area contributed by atoms with Gasteiger partial charge in [-0.3, -0.25) is 9.59 Å². The van der Waals surface area contributed by atoms with Gasteiger partial charge in [0.1, 0.15) is 0 Å². The highest BCUT2D eigenvalue weighted by Crippen LogP contribution is 2.18. The van der Waals surface area contributed by atoms with Crippen molar-refractivity contribution in [3.8, 4) is 0 Å². The van der Waals surface area contributed by atoms with E-state index >= 15 is 0 Å². The molecule has 0 radical (unpaired) electrons. The molecule has 4 N–H and O–H groups in total. The first kappa shape index (κ1) is 18.6. The molecule has 1 atom stereocenters. The van der Waals surface area contributed by atoms with Crippen molar-refractivity contribution in [1.82, 2.24) is 5.32 Å². The Hall–Kier alpha value is -2.71. The van der Waals surface area contributed by atoms with Crippen LogP contribution in [0.15, 0.2) is 53.4 Å². The molecule has 0 saturated heterocycles. The Morgan fingerprint density at radius 1 is 1.08 bits per heavy atom. The van der Waals surface area contributed by atoms with Gasteiger partial charge in [0.15, 0.2) is 0 Å². The maximum Gasteiger partial charge on any atom is 0.251 e. The van der Waals surface area contributed by atoms with Crippen LogP contribution in [0.3, 0.4) is 0 Å². The van der Waals surface area contributed by atoms with Gasteiger partial charge in [-0.2, -0.15) is 0 Å². The average Bonchev–Trinajstić information content (AvgIpc) is 2.53. The van der Waals surface area contributed by atoms with Gasteiger partial charge in [-0.15, -0.1) is 0 Å². The van der Waals surface area contributed by atoms with E-state index in [0.717, 1.165) is 0 Å². The second-order valence-corrected chi connectivity index (χ2v) is 7.14. The fourth-order valence-electron chi connectivity index (χ4n) is 2.27. The monoisotopic (exact) mass is 361 g/mol. The van der Waals surface area contributed by atoms with E-state index in [2.05, 4.69) is 10.6 Å². The number of hydrogen-bond acceptors (Lipinski definition) is 4. The van der Waals surface area contributed by atoms with Crippen molar-refractivity contribution in [2.24, 2.45) is 5.14 Å². The highest BCUT2D eigenvalue weighted by Gasteiger charge is 2.15. The van der Waals surface area contributed by atoms with Gasteiger partial charge in [-0.25, -0.2) is 13.6 Å². The number of hydrogen-bond donors (Lipinski definition) is 3. The number of anilines is 1. The molecule has 25 heavy (non-hydrogen) atoms. The third-order valence-corrected chi connectivity index (χ3v) is 4.39. The van der Waals surface area contributed by atoms with Crippen LogP contribution in [0, 0.1) is 0 Å². The van der Waals surface area contributed by atoms with Crippen LogP contribution >= 0.6 is 0 Å². The number of benzene rings is 2. The summed E-state index contributed by atoms with van der Waals surface area (Å²) in [5, 5.41) is 10.5. The zero-order valence-electron chi connectivity index (χ0n) is 13.8. The molecule has 0 aliphatic heterocycles. The quantitative estimate of drug-likeness (QED) is 0.752. The van der Waals surface area contributed by atoms with Crippen LogP contribution < -0.4 is 15.8 Å². The lowest BCUT2D eigenvalue weighted by Gasteiger charge is -2.15. The lowest BCUT2D eigenvalue weighted by atomic mass is 10.1. The minimum atomic E-state index is -3.81. The summed E-state index contributed by atoms with van der Waals surface area (Å²) in [7, 11) is -3.81. The normalized spacial score (nSPS) is 12.3. The number of amides is 2. The Morgan fingerprint density at radius 3 is 2.40 bits per heavy atom. The second-order valence-electron chi connectivity index (χ2n) is 5.57. The summed E-state index contributed by atoms with van der Waals surface area (Å²) in [6.45, 7) is 3.12.